The number of rotatable bonds is 2. The number of halogens is 5. The van der Waals surface area contributed by atoms with Gasteiger partial charge >= 0.3 is 0 Å². The zero-order valence-corrected chi connectivity index (χ0v) is 8.66. The van der Waals surface area contributed by atoms with Crippen LogP contribution in [0.5, 0.6) is 0 Å². The molecule has 0 aromatic rings. The van der Waals surface area contributed by atoms with Gasteiger partial charge in [0.1, 0.15) is 5.03 Å². The van der Waals surface area contributed by atoms with E-state index in [-0.39, 0.29) is 15.1 Å². The van der Waals surface area contributed by atoms with E-state index in [1.54, 1.807) is 0 Å². The van der Waals surface area contributed by atoms with Gasteiger partial charge < -0.3 is 0 Å². The molecule has 0 radical (unpaired) electrons. The largest absolute Gasteiger partial charge is 0.275 e. The van der Waals surface area contributed by atoms with Gasteiger partial charge in [0.15, 0.2) is 0 Å². The summed E-state index contributed by atoms with van der Waals surface area (Å²) in [6.07, 6.45) is 0. The first-order valence-electron chi connectivity index (χ1n) is 2.22. The molecular weight excluding hydrogens is 253 g/mol. The number of carbonyl (C=O) groups is 1. The molecule has 0 unspecified atom stereocenters. The van der Waals surface area contributed by atoms with E-state index in [4.69, 9.17) is 58.0 Å². The van der Waals surface area contributed by atoms with Crippen molar-refractivity contribution >= 4 is 63.2 Å². The summed E-state index contributed by atoms with van der Waals surface area (Å²) in [5.41, 5.74) is 0.978. The molecule has 0 amide bonds. The first-order chi connectivity index (χ1) is 5.00. The van der Waals surface area contributed by atoms with Crippen LogP contribution in [0.25, 0.3) is 0 Å². The second-order valence-corrected chi connectivity index (χ2v) is 3.08. The van der Waals surface area contributed by atoms with Crippen molar-refractivity contribution in [2.45, 2.75) is 0 Å². The molecule has 11 heavy (non-hydrogen) atoms. The van der Waals surface area contributed by atoms with Crippen LogP contribution in [0.2, 0.25) is 0 Å². The van der Waals surface area contributed by atoms with Crippen molar-refractivity contribution in [2.24, 2.45) is 0 Å². The molecule has 0 atom stereocenters. The molecule has 0 N–H and O–H groups in total. The fourth-order valence-corrected chi connectivity index (χ4v) is 0.932. The molecule has 6 heteroatoms. The summed E-state index contributed by atoms with van der Waals surface area (Å²) in [6.45, 7) is 0. The minimum Gasteiger partial charge on any atom is -0.275 e. The molecule has 0 rings (SSSR count). The van der Waals surface area contributed by atoms with E-state index >= 15 is 0 Å². The van der Waals surface area contributed by atoms with Gasteiger partial charge in [-0.15, -0.1) is 0 Å². The average molecular weight is 254 g/mol. The van der Waals surface area contributed by atoms with Gasteiger partial charge in [0, 0.05) is 5.54 Å². The van der Waals surface area contributed by atoms with Crippen LogP contribution in [-0.2, 0) is 4.79 Å². The van der Waals surface area contributed by atoms with Crippen molar-refractivity contribution in [2.75, 3.05) is 0 Å². The molecular formula is C5HCl5O. The second-order valence-electron chi connectivity index (χ2n) is 1.36. The Hall–Kier alpha value is 0.600. The van der Waals surface area contributed by atoms with Gasteiger partial charge in [0.05, 0.1) is 10.1 Å². The Morgan fingerprint density at radius 1 is 1.00 bits per heavy atom. The Morgan fingerprint density at radius 2 is 1.45 bits per heavy atom. The molecule has 0 saturated heterocycles. The zero-order chi connectivity index (χ0) is 9.02. The van der Waals surface area contributed by atoms with Crippen LogP contribution in [0.3, 0.4) is 0 Å². The monoisotopic (exact) mass is 252 g/mol. The Kier molecular flexibility index (Phi) is 5.57. The fourth-order valence-electron chi connectivity index (χ4n) is 0.239. The molecule has 0 fully saturated rings. The van der Waals surface area contributed by atoms with Crippen molar-refractivity contribution < 1.29 is 4.79 Å². The predicted octanol–water partition coefficient (Wildman–Crippen LogP) is 3.76. The lowest BCUT2D eigenvalue weighted by molar-refractivity contribution is -0.108. The smallest absolute Gasteiger partial charge is 0.265 e. The van der Waals surface area contributed by atoms with Crippen molar-refractivity contribution in [3.8, 4) is 0 Å². The first-order valence-corrected chi connectivity index (χ1v) is 4.17. The number of allylic oxidation sites excluding steroid dienone is 3. The third-order valence-electron chi connectivity index (χ3n) is 0.671. The molecule has 0 bridgehead atoms. The van der Waals surface area contributed by atoms with Crippen LogP contribution in [0, 0.1) is 0 Å². The topological polar surface area (TPSA) is 17.1 Å². The number of hydrogen-bond donors (Lipinski definition) is 0. The van der Waals surface area contributed by atoms with Gasteiger partial charge in [0.2, 0.25) is 0 Å². The molecule has 0 aliphatic rings. The average Bonchev–Trinajstić information content (AvgIpc) is 2.00. The SMILES string of the molecule is O=C(Cl)/C(Cl)=C(Cl)/C(Cl)=C/Cl. The van der Waals surface area contributed by atoms with Crippen molar-refractivity contribution in [3.63, 3.8) is 0 Å². The molecule has 62 valence electrons. The van der Waals surface area contributed by atoms with E-state index in [0.717, 1.165) is 5.54 Å². The minimum atomic E-state index is -0.881. The fraction of sp³-hybridized carbons (Fsp3) is 0. The molecule has 0 aromatic heterocycles. The Bertz CT molecular complexity index is 229. The lowest BCUT2D eigenvalue weighted by Gasteiger charge is -1.95. The third-order valence-corrected chi connectivity index (χ3v) is 2.53. The maximum atomic E-state index is 10.4. The van der Waals surface area contributed by atoms with Crippen LogP contribution in [0.1, 0.15) is 0 Å². The molecule has 1 nitrogen and oxygen atoms in total. The summed E-state index contributed by atoms with van der Waals surface area (Å²) in [4.78, 5) is 10.4. The van der Waals surface area contributed by atoms with Crippen LogP contribution < -0.4 is 0 Å². The Morgan fingerprint density at radius 3 is 1.73 bits per heavy atom. The lowest BCUT2D eigenvalue weighted by Crippen LogP contribution is -1.88. The van der Waals surface area contributed by atoms with Gasteiger partial charge in [-0.1, -0.05) is 46.4 Å². The van der Waals surface area contributed by atoms with Gasteiger partial charge in [-0.05, 0) is 11.6 Å². The van der Waals surface area contributed by atoms with E-state index in [1.807, 2.05) is 0 Å². The maximum Gasteiger partial charge on any atom is 0.265 e. The van der Waals surface area contributed by atoms with Crippen LogP contribution in [-0.4, -0.2) is 5.24 Å². The Balaban J connectivity index is 4.81. The van der Waals surface area contributed by atoms with Gasteiger partial charge in [-0.3, -0.25) is 4.79 Å². The standard InChI is InChI=1S/C5HCl5O/c6-1-2(7)3(8)4(9)5(10)11/h1H/b2-1-,4-3+. The summed E-state index contributed by atoms with van der Waals surface area (Å²) in [7, 11) is 0. The highest BCUT2D eigenvalue weighted by atomic mass is 35.5. The molecule has 0 aromatic carbocycles. The summed E-state index contributed by atoms with van der Waals surface area (Å²) in [6, 6.07) is 0. The normalized spacial score (nSPS) is 14.5. The predicted molar refractivity (Wildman–Crippen MR) is 49.4 cm³/mol. The van der Waals surface area contributed by atoms with E-state index in [9.17, 15) is 4.79 Å². The summed E-state index contributed by atoms with van der Waals surface area (Å²) < 4.78 is 0. The van der Waals surface area contributed by atoms with Crippen molar-refractivity contribution in [1.29, 1.82) is 0 Å². The van der Waals surface area contributed by atoms with E-state index in [0.29, 0.717) is 0 Å². The third kappa shape index (κ3) is 3.68. The first kappa shape index (κ1) is 11.6. The molecule has 0 heterocycles. The summed E-state index contributed by atoms with van der Waals surface area (Å²) in [5, 5.41) is -1.43. The van der Waals surface area contributed by atoms with E-state index in [2.05, 4.69) is 0 Å². The van der Waals surface area contributed by atoms with Crippen LogP contribution in [0.4, 0.5) is 0 Å². The van der Waals surface area contributed by atoms with Gasteiger partial charge in [0.25, 0.3) is 5.24 Å². The minimum absolute atomic E-state index is 0.0349. The van der Waals surface area contributed by atoms with Crippen molar-refractivity contribution in [3.05, 3.63) is 20.6 Å². The zero-order valence-electron chi connectivity index (χ0n) is 4.88. The van der Waals surface area contributed by atoms with Crippen LogP contribution >= 0.6 is 58.0 Å². The Labute approximate surface area is 88.5 Å². The summed E-state index contributed by atoms with van der Waals surface area (Å²) >= 11 is 26.3. The number of carbonyl (C=O) groups excluding carboxylic acids is 1. The van der Waals surface area contributed by atoms with E-state index in [1.165, 1.54) is 0 Å². The van der Waals surface area contributed by atoms with Crippen LogP contribution in [0.15, 0.2) is 20.6 Å². The highest BCUT2D eigenvalue weighted by Crippen LogP contribution is 2.26. The van der Waals surface area contributed by atoms with Gasteiger partial charge in [-0.25, -0.2) is 0 Å². The van der Waals surface area contributed by atoms with Gasteiger partial charge in [-0.2, -0.15) is 0 Å². The maximum absolute atomic E-state index is 10.4. The summed E-state index contributed by atoms with van der Waals surface area (Å²) in [5.74, 6) is 0. The number of hydrogen-bond acceptors (Lipinski definition) is 1. The molecule has 0 aliphatic heterocycles. The molecule has 0 spiro atoms. The van der Waals surface area contributed by atoms with E-state index < -0.39 is 5.24 Å². The highest BCUT2D eigenvalue weighted by Gasteiger charge is 2.10. The molecule has 0 aliphatic carbocycles. The van der Waals surface area contributed by atoms with Crippen molar-refractivity contribution in [1.82, 2.24) is 0 Å². The second kappa shape index (κ2) is 5.28. The lowest BCUT2D eigenvalue weighted by atomic mass is 10.5. The highest BCUT2D eigenvalue weighted by molar-refractivity contribution is 6.75. The quantitative estimate of drug-likeness (QED) is 0.416. The molecule has 0 saturated carbocycles.